The average molecular weight is 466 g/mol. The van der Waals surface area contributed by atoms with Crippen molar-refractivity contribution in [3.63, 3.8) is 0 Å². The number of piperazine rings is 1. The first-order valence-corrected chi connectivity index (χ1v) is 11.0. The molecular weight excluding hydrogens is 442 g/mol. The monoisotopic (exact) mass is 466 g/mol. The molecule has 0 aliphatic carbocycles. The van der Waals surface area contributed by atoms with Crippen LogP contribution in [0.25, 0.3) is 0 Å². The summed E-state index contributed by atoms with van der Waals surface area (Å²) >= 11 is 0. The molecule has 1 atom stereocenters. The first-order valence-electron chi connectivity index (χ1n) is 11.0. The van der Waals surface area contributed by atoms with Gasteiger partial charge in [0.2, 0.25) is 5.95 Å². The molecule has 0 radical (unpaired) electrons. The van der Waals surface area contributed by atoms with Crippen LogP contribution >= 0.6 is 0 Å². The van der Waals surface area contributed by atoms with Crippen LogP contribution < -0.4 is 20.0 Å². The number of anilines is 4. The Kier molecular flexibility index (Phi) is 5.68. The molecule has 11 heteroatoms. The van der Waals surface area contributed by atoms with Gasteiger partial charge < -0.3 is 20.0 Å². The van der Waals surface area contributed by atoms with Crippen molar-refractivity contribution in [2.24, 2.45) is 0 Å². The molecule has 2 fully saturated rings. The van der Waals surface area contributed by atoms with Crippen molar-refractivity contribution < 1.29 is 13.6 Å². The lowest BCUT2D eigenvalue weighted by molar-refractivity contribution is -0.0267. The summed E-state index contributed by atoms with van der Waals surface area (Å²) in [6, 6.07) is 9.20. The molecule has 3 aromatic heterocycles. The van der Waals surface area contributed by atoms with E-state index in [1.54, 1.807) is 30.7 Å². The maximum Gasteiger partial charge on any atom is 0.282 e. The van der Waals surface area contributed by atoms with Crippen LogP contribution in [0.2, 0.25) is 0 Å². The Labute approximate surface area is 195 Å². The third-order valence-corrected chi connectivity index (χ3v) is 5.93. The highest BCUT2D eigenvalue weighted by Gasteiger charge is 2.44. The lowest BCUT2D eigenvalue weighted by atomic mass is 10.1. The van der Waals surface area contributed by atoms with E-state index in [0.717, 1.165) is 25.5 Å². The summed E-state index contributed by atoms with van der Waals surface area (Å²) in [4.78, 5) is 35.8. The van der Waals surface area contributed by atoms with Crippen molar-refractivity contribution in [1.82, 2.24) is 19.9 Å². The molecule has 3 aromatic rings. The van der Waals surface area contributed by atoms with Crippen LogP contribution in [-0.4, -0.2) is 70.5 Å². The lowest BCUT2D eigenvalue weighted by Crippen LogP contribution is -2.56. The van der Waals surface area contributed by atoms with Crippen molar-refractivity contribution in [3.8, 4) is 0 Å². The third-order valence-electron chi connectivity index (χ3n) is 5.93. The van der Waals surface area contributed by atoms with E-state index in [4.69, 9.17) is 0 Å². The van der Waals surface area contributed by atoms with Gasteiger partial charge in [-0.05, 0) is 31.2 Å². The number of rotatable bonds is 5. The van der Waals surface area contributed by atoms with Gasteiger partial charge in [-0.3, -0.25) is 4.79 Å². The van der Waals surface area contributed by atoms with Crippen LogP contribution in [0.3, 0.4) is 0 Å². The first kappa shape index (κ1) is 21.9. The predicted octanol–water partition coefficient (Wildman–Crippen LogP) is 2.69. The molecule has 2 saturated heterocycles. The number of carbonyl (C=O) groups is 1. The van der Waals surface area contributed by atoms with E-state index < -0.39 is 5.92 Å². The number of hydrogen-bond donors (Lipinski definition) is 1. The Hall–Kier alpha value is -3.89. The second-order valence-electron chi connectivity index (χ2n) is 8.52. The third kappa shape index (κ3) is 4.59. The Morgan fingerprint density at radius 2 is 1.74 bits per heavy atom. The number of carbonyl (C=O) groups excluding carboxylic acids is 1. The van der Waals surface area contributed by atoms with E-state index in [2.05, 4.69) is 42.0 Å². The summed E-state index contributed by atoms with van der Waals surface area (Å²) < 4.78 is 26.1. The molecular formula is C23H24F2N8O. The van der Waals surface area contributed by atoms with Crippen LogP contribution in [0, 0.1) is 0 Å². The minimum Gasteiger partial charge on any atom is -0.353 e. The molecule has 0 spiro atoms. The quantitative estimate of drug-likeness (QED) is 0.614. The van der Waals surface area contributed by atoms with Gasteiger partial charge in [0.25, 0.3) is 11.8 Å². The maximum absolute atomic E-state index is 13.0. The molecule has 9 nitrogen and oxygen atoms in total. The van der Waals surface area contributed by atoms with Gasteiger partial charge in [0.05, 0.1) is 36.7 Å². The number of pyridine rings is 2. The van der Waals surface area contributed by atoms with E-state index in [1.165, 1.54) is 11.1 Å². The summed E-state index contributed by atoms with van der Waals surface area (Å²) in [5, 5.41) is 2.75. The number of halogens is 2. The minimum absolute atomic E-state index is 0.187. The summed E-state index contributed by atoms with van der Waals surface area (Å²) in [7, 11) is 0. The Balaban J connectivity index is 1.17. The number of alkyl halides is 2. The molecule has 1 amide bonds. The lowest BCUT2D eigenvalue weighted by Gasteiger charge is -2.40. The average Bonchev–Trinajstić information content (AvgIpc) is 2.84. The SMILES string of the molecule is C[C@H]1CN(c2ccccn2)CCN1c1ncc(NC(=O)c2ccc(N3CC(F)(F)C3)nc2)cn1. The van der Waals surface area contributed by atoms with Gasteiger partial charge in [0, 0.05) is 38.1 Å². The zero-order valence-corrected chi connectivity index (χ0v) is 18.6. The molecule has 34 heavy (non-hydrogen) atoms. The van der Waals surface area contributed by atoms with Crippen molar-refractivity contribution in [3.05, 3.63) is 60.7 Å². The number of nitrogens with one attached hydrogen (secondary N) is 1. The van der Waals surface area contributed by atoms with Crippen molar-refractivity contribution >= 4 is 29.2 Å². The largest absolute Gasteiger partial charge is 0.353 e. The topological polar surface area (TPSA) is 90.4 Å². The first-order chi connectivity index (χ1) is 16.4. The second kappa shape index (κ2) is 8.81. The van der Waals surface area contributed by atoms with E-state index in [0.29, 0.717) is 23.0 Å². The van der Waals surface area contributed by atoms with Crippen LogP contribution in [0.4, 0.5) is 32.1 Å². The Bertz CT molecular complexity index is 1140. The van der Waals surface area contributed by atoms with Gasteiger partial charge in [-0.2, -0.15) is 0 Å². The molecule has 0 bridgehead atoms. The number of hydrogen-bond acceptors (Lipinski definition) is 8. The number of aromatic nitrogens is 4. The molecule has 2 aliphatic heterocycles. The van der Waals surface area contributed by atoms with Gasteiger partial charge in [-0.1, -0.05) is 6.07 Å². The van der Waals surface area contributed by atoms with Gasteiger partial charge in [-0.25, -0.2) is 28.7 Å². The molecule has 0 saturated carbocycles. The van der Waals surface area contributed by atoms with Crippen molar-refractivity contribution in [2.45, 2.75) is 18.9 Å². The fourth-order valence-electron chi connectivity index (χ4n) is 4.12. The Morgan fingerprint density at radius 3 is 2.35 bits per heavy atom. The van der Waals surface area contributed by atoms with Crippen molar-refractivity contribution in [1.29, 1.82) is 0 Å². The zero-order chi connectivity index (χ0) is 23.7. The molecule has 5 heterocycles. The van der Waals surface area contributed by atoms with Gasteiger partial charge in [0.15, 0.2) is 0 Å². The summed E-state index contributed by atoms with van der Waals surface area (Å²) in [6.45, 7) is 3.77. The highest BCUT2D eigenvalue weighted by Crippen LogP contribution is 2.30. The second-order valence-corrected chi connectivity index (χ2v) is 8.52. The van der Waals surface area contributed by atoms with E-state index in [9.17, 15) is 13.6 Å². The molecule has 1 N–H and O–H groups in total. The van der Waals surface area contributed by atoms with Crippen LogP contribution in [-0.2, 0) is 0 Å². The number of nitrogens with zero attached hydrogens (tertiary/aromatic N) is 7. The van der Waals surface area contributed by atoms with Crippen LogP contribution in [0.15, 0.2) is 55.1 Å². The molecule has 0 aromatic carbocycles. The van der Waals surface area contributed by atoms with Gasteiger partial charge in [0.1, 0.15) is 11.6 Å². The van der Waals surface area contributed by atoms with Gasteiger partial charge in [-0.15, -0.1) is 0 Å². The maximum atomic E-state index is 13.0. The van der Waals surface area contributed by atoms with Gasteiger partial charge >= 0.3 is 0 Å². The summed E-state index contributed by atoms with van der Waals surface area (Å²) in [6.07, 6.45) is 6.31. The zero-order valence-electron chi connectivity index (χ0n) is 18.6. The Morgan fingerprint density at radius 1 is 0.971 bits per heavy atom. The van der Waals surface area contributed by atoms with E-state index in [1.807, 2.05) is 18.2 Å². The van der Waals surface area contributed by atoms with Crippen LogP contribution in [0.1, 0.15) is 17.3 Å². The fourth-order valence-corrected chi connectivity index (χ4v) is 4.12. The predicted molar refractivity (Wildman–Crippen MR) is 125 cm³/mol. The highest BCUT2D eigenvalue weighted by atomic mass is 19.3. The summed E-state index contributed by atoms with van der Waals surface area (Å²) in [5.74, 6) is -1.06. The highest BCUT2D eigenvalue weighted by molar-refractivity contribution is 6.04. The number of amides is 1. The minimum atomic E-state index is -2.67. The standard InChI is InChI=1S/C23H24F2N8O/c1-16-13-31(19-4-2-3-7-26-19)8-9-33(16)22-28-11-18(12-29-22)30-21(34)17-5-6-20(27-10-17)32-14-23(24,25)15-32/h2-7,10-12,16H,8-9,13-15H2,1H3,(H,30,34)/t16-/m0/s1. The molecule has 5 rings (SSSR count). The molecule has 2 aliphatic rings. The van der Waals surface area contributed by atoms with E-state index >= 15 is 0 Å². The smallest absolute Gasteiger partial charge is 0.282 e. The van der Waals surface area contributed by atoms with E-state index in [-0.39, 0.29) is 25.0 Å². The fraction of sp³-hybridized carbons (Fsp3) is 0.348. The molecule has 176 valence electrons. The summed E-state index contributed by atoms with van der Waals surface area (Å²) in [5.41, 5.74) is 0.777. The molecule has 0 unspecified atom stereocenters. The van der Waals surface area contributed by atoms with Crippen molar-refractivity contribution in [2.75, 3.05) is 52.7 Å². The van der Waals surface area contributed by atoms with Crippen LogP contribution in [0.5, 0.6) is 0 Å². The normalized spacial score (nSPS) is 19.5.